The second-order valence-electron chi connectivity index (χ2n) is 8.05. The third-order valence-electron chi connectivity index (χ3n) is 4.23. The molecule has 34 heavy (non-hydrogen) atoms. The van der Waals surface area contributed by atoms with Gasteiger partial charge in [0.15, 0.2) is 0 Å². The quantitative estimate of drug-likeness (QED) is 0.301. The van der Waals surface area contributed by atoms with E-state index >= 15 is 0 Å². The van der Waals surface area contributed by atoms with Crippen molar-refractivity contribution in [2.75, 3.05) is 26.2 Å². The van der Waals surface area contributed by atoms with Crippen LogP contribution in [0, 0.1) is 23.7 Å². The zero-order chi connectivity index (χ0) is 25.7. The number of alkyl carbamates (subject to hydrolysis) is 1. The fourth-order valence-electron chi connectivity index (χ4n) is 2.82. The van der Waals surface area contributed by atoms with Crippen LogP contribution in [0.5, 0.6) is 0 Å². The van der Waals surface area contributed by atoms with Crippen LogP contribution in [0.3, 0.4) is 0 Å². The molecule has 0 bridgehead atoms. The molecule has 2 N–H and O–H groups in total. The van der Waals surface area contributed by atoms with Crippen LogP contribution in [0.4, 0.5) is 4.79 Å². The molecule has 10 heteroatoms. The van der Waals surface area contributed by atoms with Crippen molar-refractivity contribution < 1.29 is 28.7 Å². The van der Waals surface area contributed by atoms with E-state index in [2.05, 4.69) is 16.6 Å². The number of benzene rings is 1. The number of carbonyl (C=O) groups excluding carboxylic acids is 4. The summed E-state index contributed by atoms with van der Waals surface area (Å²) >= 11 is 0. The predicted octanol–water partition coefficient (Wildman–Crippen LogP) is 1.66. The van der Waals surface area contributed by atoms with Crippen LogP contribution >= 0.6 is 0 Å². The number of hydrogen-bond donors (Lipinski definition) is 2. The standard InChI is InChI=1S/C24H30N4O6/c1-6-17-8-10-18(11-9-17)21(22(31)26-14-12-20(30)33-7-2)28(15-13-25)19(29)16-27-23(32)34-24(3,4)5/h1,8-11,21H,7,12,14-16H2,2-5H3,(H,26,31)(H,27,32). The number of carbonyl (C=O) groups is 4. The molecule has 0 aromatic heterocycles. The minimum Gasteiger partial charge on any atom is -0.466 e. The Hall–Kier alpha value is -4.05. The molecular formula is C24H30N4O6. The highest BCUT2D eigenvalue weighted by Gasteiger charge is 2.31. The van der Waals surface area contributed by atoms with Crippen LogP contribution in [0.15, 0.2) is 24.3 Å². The third-order valence-corrected chi connectivity index (χ3v) is 4.23. The second-order valence-corrected chi connectivity index (χ2v) is 8.05. The molecule has 1 aromatic rings. The zero-order valence-corrected chi connectivity index (χ0v) is 19.8. The van der Waals surface area contributed by atoms with Gasteiger partial charge < -0.3 is 25.0 Å². The fraction of sp³-hybridized carbons (Fsp3) is 0.458. The smallest absolute Gasteiger partial charge is 0.408 e. The molecule has 0 radical (unpaired) electrons. The summed E-state index contributed by atoms with van der Waals surface area (Å²) < 4.78 is 9.95. The van der Waals surface area contributed by atoms with E-state index in [-0.39, 0.29) is 19.6 Å². The van der Waals surface area contributed by atoms with Gasteiger partial charge >= 0.3 is 12.1 Å². The van der Waals surface area contributed by atoms with Gasteiger partial charge in [0.2, 0.25) is 11.8 Å². The summed E-state index contributed by atoms with van der Waals surface area (Å²) in [6.45, 7) is 5.95. The number of hydrogen-bond acceptors (Lipinski definition) is 7. The Labute approximate surface area is 199 Å². The highest BCUT2D eigenvalue weighted by atomic mass is 16.6. The van der Waals surface area contributed by atoms with Gasteiger partial charge in [-0.1, -0.05) is 18.1 Å². The molecule has 0 aliphatic rings. The van der Waals surface area contributed by atoms with Crippen molar-refractivity contribution >= 4 is 23.9 Å². The Morgan fingerprint density at radius 2 is 1.79 bits per heavy atom. The molecule has 10 nitrogen and oxygen atoms in total. The lowest BCUT2D eigenvalue weighted by atomic mass is 10.0. The maximum Gasteiger partial charge on any atom is 0.408 e. The topological polar surface area (TPSA) is 138 Å². The molecule has 1 rings (SSSR count). The minimum absolute atomic E-state index is 0.0264. The lowest BCUT2D eigenvalue weighted by Crippen LogP contribution is -2.48. The van der Waals surface area contributed by atoms with Crippen LogP contribution in [0.25, 0.3) is 0 Å². The Morgan fingerprint density at radius 3 is 2.32 bits per heavy atom. The second kappa shape index (κ2) is 13.5. The van der Waals surface area contributed by atoms with Crippen molar-refractivity contribution in [2.24, 2.45) is 0 Å². The number of nitrogens with one attached hydrogen (secondary N) is 2. The Bertz CT molecular complexity index is 954. The van der Waals surface area contributed by atoms with Crippen molar-refractivity contribution in [3.05, 3.63) is 35.4 Å². The zero-order valence-electron chi connectivity index (χ0n) is 19.8. The molecule has 0 saturated heterocycles. The van der Waals surface area contributed by atoms with Crippen molar-refractivity contribution in [1.82, 2.24) is 15.5 Å². The maximum absolute atomic E-state index is 13.1. The summed E-state index contributed by atoms with van der Waals surface area (Å²) in [5.74, 6) is 0.687. The van der Waals surface area contributed by atoms with Crippen LogP contribution in [-0.4, -0.2) is 60.6 Å². The lowest BCUT2D eigenvalue weighted by Gasteiger charge is -2.29. The van der Waals surface area contributed by atoms with E-state index in [4.69, 9.17) is 15.9 Å². The van der Waals surface area contributed by atoms with Crippen LogP contribution in [0.1, 0.15) is 51.3 Å². The van der Waals surface area contributed by atoms with Gasteiger partial charge in [0, 0.05) is 12.1 Å². The Balaban J connectivity index is 3.10. The van der Waals surface area contributed by atoms with Gasteiger partial charge in [0.05, 0.1) is 19.1 Å². The normalized spacial score (nSPS) is 11.2. The molecule has 0 saturated carbocycles. The van der Waals surface area contributed by atoms with E-state index in [0.29, 0.717) is 11.1 Å². The molecule has 0 heterocycles. The first-order chi connectivity index (χ1) is 16.0. The van der Waals surface area contributed by atoms with Crippen LogP contribution < -0.4 is 10.6 Å². The molecule has 0 spiro atoms. The van der Waals surface area contributed by atoms with Crippen LogP contribution in [0.2, 0.25) is 0 Å². The van der Waals surface area contributed by atoms with E-state index in [1.807, 2.05) is 6.07 Å². The average Bonchev–Trinajstić information content (AvgIpc) is 2.76. The number of nitrogens with zero attached hydrogens (tertiary/aromatic N) is 2. The summed E-state index contributed by atoms with van der Waals surface area (Å²) in [5.41, 5.74) is 0.197. The SMILES string of the molecule is C#Cc1ccc(C(C(=O)NCCC(=O)OCC)N(CC#N)C(=O)CNC(=O)OC(C)(C)C)cc1. The summed E-state index contributed by atoms with van der Waals surface area (Å²) in [6.07, 6.45) is 4.51. The van der Waals surface area contributed by atoms with Gasteiger partial charge in [-0.05, 0) is 45.4 Å². The molecule has 1 atom stereocenters. The number of esters is 1. The van der Waals surface area contributed by atoms with Gasteiger partial charge in [0.1, 0.15) is 24.7 Å². The van der Waals surface area contributed by atoms with E-state index in [1.54, 1.807) is 52.0 Å². The van der Waals surface area contributed by atoms with Gasteiger partial charge in [-0.2, -0.15) is 5.26 Å². The molecule has 0 aliphatic heterocycles. The molecule has 3 amide bonds. The van der Waals surface area contributed by atoms with Crippen molar-refractivity contribution in [1.29, 1.82) is 5.26 Å². The summed E-state index contributed by atoms with van der Waals surface area (Å²) in [6, 6.07) is 7.01. The van der Waals surface area contributed by atoms with Gasteiger partial charge in [-0.25, -0.2) is 4.79 Å². The third kappa shape index (κ3) is 9.61. The maximum atomic E-state index is 13.1. The van der Waals surface area contributed by atoms with Crippen molar-refractivity contribution in [3.63, 3.8) is 0 Å². The first-order valence-electron chi connectivity index (χ1n) is 10.7. The van der Waals surface area contributed by atoms with Gasteiger partial charge in [-0.15, -0.1) is 6.42 Å². The van der Waals surface area contributed by atoms with E-state index < -0.39 is 48.6 Å². The molecule has 1 aromatic carbocycles. The van der Waals surface area contributed by atoms with Crippen LogP contribution in [-0.2, 0) is 23.9 Å². The largest absolute Gasteiger partial charge is 0.466 e. The van der Waals surface area contributed by atoms with Crippen molar-refractivity contribution in [3.8, 4) is 18.4 Å². The summed E-state index contributed by atoms with van der Waals surface area (Å²) in [7, 11) is 0. The number of nitriles is 1. The lowest BCUT2D eigenvalue weighted by molar-refractivity contribution is -0.143. The number of ether oxygens (including phenoxy) is 2. The van der Waals surface area contributed by atoms with E-state index in [1.165, 1.54) is 0 Å². The molecule has 182 valence electrons. The molecule has 0 fully saturated rings. The van der Waals surface area contributed by atoms with E-state index in [9.17, 15) is 24.4 Å². The molecule has 1 unspecified atom stereocenters. The Morgan fingerprint density at radius 1 is 1.15 bits per heavy atom. The molecule has 0 aliphatic carbocycles. The number of amides is 3. The minimum atomic E-state index is -1.21. The summed E-state index contributed by atoms with van der Waals surface area (Å²) in [4.78, 5) is 50.5. The average molecular weight is 471 g/mol. The highest BCUT2D eigenvalue weighted by Crippen LogP contribution is 2.22. The van der Waals surface area contributed by atoms with Gasteiger partial charge in [-0.3, -0.25) is 14.4 Å². The summed E-state index contributed by atoms with van der Waals surface area (Å²) in [5, 5.41) is 14.2. The first-order valence-corrected chi connectivity index (χ1v) is 10.7. The molecular weight excluding hydrogens is 440 g/mol. The number of terminal acetylenes is 1. The van der Waals surface area contributed by atoms with E-state index in [0.717, 1.165) is 4.90 Å². The first kappa shape index (κ1) is 28.0. The monoisotopic (exact) mass is 470 g/mol. The Kier molecular flexibility index (Phi) is 11.1. The fourth-order valence-corrected chi connectivity index (χ4v) is 2.82. The van der Waals surface area contributed by atoms with Crippen molar-refractivity contribution in [2.45, 2.75) is 45.8 Å². The predicted molar refractivity (Wildman–Crippen MR) is 123 cm³/mol. The highest BCUT2D eigenvalue weighted by molar-refractivity contribution is 5.90. The van der Waals surface area contributed by atoms with Gasteiger partial charge in [0.25, 0.3) is 0 Å². The number of rotatable bonds is 10.